The number of anilines is 1. The van der Waals surface area contributed by atoms with Crippen molar-refractivity contribution in [2.24, 2.45) is 0 Å². The lowest BCUT2D eigenvalue weighted by Crippen LogP contribution is -2.29. The van der Waals surface area contributed by atoms with Crippen molar-refractivity contribution in [3.63, 3.8) is 0 Å². The smallest absolute Gasteiger partial charge is 0.314 e. The first-order chi connectivity index (χ1) is 10.1. The molecule has 0 saturated heterocycles. The van der Waals surface area contributed by atoms with Gasteiger partial charge in [0.25, 0.3) is 0 Å². The van der Waals surface area contributed by atoms with Crippen LogP contribution in [0.25, 0.3) is 11.0 Å². The number of hydrogen-bond acceptors (Lipinski definition) is 4. The highest BCUT2D eigenvalue weighted by molar-refractivity contribution is 5.92. The molecule has 7 nitrogen and oxygen atoms in total. The SMILES string of the molecule is O=C(CCNC1CC1)Nc1ccc2[nH]c(=O)c(=O)[nH]c2c1. The molecule has 1 amide bonds. The second-order valence-electron chi connectivity index (χ2n) is 5.20. The Hall–Kier alpha value is -2.41. The molecule has 1 aliphatic carbocycles. The third kappa shape index (κ3) is 3.38. The maximum Gasteiger partial charge on any atom is 0.314 e. The van der Waals surface area contributed by atoms with Crippen molar-refractivity contribution in [3.05, 3.63) is 38.9 Å². The van der Waals surface area contributed by atoms with Crippen molar-refractivity contribution < 1.29 is 4.79 Å². The van der Waals surface area contributed by atoms with Gasteiger partial charge in [-0.05, 0) is 31.0 Å². The van der Waals surface area contributed by atoms with Crippen LogP contribution in [-0.2, 0) is 4.79 Å². The van der Waals surface area contributed by atoms with E-state index in [9.17, 15) is 14.4 Å². The zero-order valence-electron chi connectivity index (χ0n) is 11.4. The number of rotatable bonds is 5. The van der Waals surface area contributed by atoms with Gasteiger partial charge in [-0.25, -0.2) is 0 Å². The fourth-order valence-corrected chi connectivity index (χ4v) is 2.09. The van der Waals surface area contributed by atoms with E-state index < -0.39 is 11.1 Å². The summed E-state index contributed by atoms with van der Waals surface area (Å²) in [6, 6.07) is 5.53. The molecule has 0 radical (unpaired) electrons. The summed E-state index contributed by atoms with van der Waals surface area (Å²) in [5.74, 6) is -0.0886. The van der Waals surface area contributed by atoms with Crippen LogP contribution < -0.4 is 21.8 Å². The summed E-state index contributed by atoms with van der Waals surface area (Å²) in [6.07, 6.45) is 2.78. The first kappa shape index (κ1) is 13.6. The summed E-state index contributed by atoms with van der Waals surface area (Å²) in [5, 5.41) is 6.04. The van der Waals surface area contributed by atoms with E-state index in [0.717, 1.165) is 0 Å². The Balaban J connectivity index is 1.68. The fourth-order valence-electron chi connectivity index (χ4n) is 2.09. The van der Waals surface area contributed by atoms with Crippen molar-refractivity contribution in [2.45, 2.75) is 25.3 Å². The predicted octanol–water partition coefficient (Wildman–Crippen LogP) is 0.297. The molecule has 1 aromatic heterocycles. The predicted molar refractivity (Wildman–Crippen MR) is 79.5 cm³/mol. The van der Waals surface area contributed by atoms with Crippen LogP contribution in [0.4, 0.5) is 5.69 Å². The van der Waals surface area contributed by atoms with Crippen molar-refractivity contribution in [2.75, 3.05) is 11.9 Å². The van der Waals surface area contributed by atoms with Crippen molar-refractivity contribution >= 4 is 22.6 Å². The maximum atomic E-state index is 11.8. The molecule has 1 aliphatic rings. The number of carbonyl (C=O) groups is 1. The van der Waals surface area contributed by atoms with Gasteiger partial charge < -0.3 is 20.6 Å². The summed E-state index contributed by atoms with van der Waals surface area (Å²) >= 11 is 0. The summed E-state index contributed by atoms with van der Waals surface area (Å²) in [6.45, 7) is 0.661. The van der Waals surface area contributed by atoms with Crippen molar-refractivity contribution in [1.82, 2.24) is 15.3 Å². The van der Waals surface area contributed by atoms with E-state index in [1.807, 2.05) is 0 Å². The monoisotopic (exact) mass is 288 g/mol. The molecule has 1 saturated carbocycles. The summed E-state index contributed by atoms with van der Waals surface area (Å²) in [4.78, 5) is 39.2. The molecular formula is C14H16N4O3. The van der Waals surface area contributed by atoms with E-state index >= 15 is 0 Å². The Morgan fingerprint density at radius 1 is 1.14 bits per heavy atom. The van der Waals surface area contributed by atoms with Crippen molar-refractivity contribution in [3.8, 4) is 0 Å². The molecule has 1 heterocycles. The van der Waals surface area contributed by atoms with Crippen LogP contribution in [-0.4, -0.2) is 28.5 Å². The van der Waals surface area contributed by atoms with E-state index in [1.165, 1.54) is 12.8 Å². The van der Waals surface area contributed by atoms with Gasteiger partial charge in [0.15, 0.2) is 0 Å². The van der Waals surface area contributed by atoms with Gasteiger partial charge in [-0.2, -0.15) is 0 Å². The second-order valence-corrected chi connectivity index (χ2v) is 5.20. The minimum absolute atomic E-state index is 0.0886. The third-order valence-corrected chi connectivity index (χ3v) is 3.37. The van der Waals surface area contributed by atoms with E-state index in [4.69, 9.17) is 0 Å². The quantitative estimate of drug-likeness (QED) is 0.593. The van der Waals surface area contributed by atoms with Crippen LogP contribution in [0.15, 0.2) is 27.8 Å². The molecule has 0 atom stereocenters. The number of aromatic nitrogens is 2. The standard InChI is InChI=1S/C14H16N4O3/c19-12(5-6-15-8-1-2-8)16-9-3-4-10-11(7-9)18-14(21)13(20)17-10/h3-4,7-8,15H,1-2,5-6H2,(H,16,19)(H,17,20)(H,18,21). The number of benzene rings is 1. The zero-order chi connectivity index (χ0) is 14.8. The highest BCUT2D eigenvalue weighted by atomic mass is 16.2. The van der Waals surface area contributed by atoms with Crippen molar-refractivity contribution in [1.29, 1.82) is 0 Å². The van der Waals surface area contributed by atoms with Gasteiger partial charge in [0.05, 0.1) is 11.0 Å². The number of hydrogen-bond donors (Lipinski definition) is 4. The number of H-pyrrole nitrogens is 2. The number of aromatic amines is 2. The second kappa shape index (κ2) is 5.53. The number of nitrogens with one attached hydrogen (secondary N) is 4. The maximum absolute atomic E-state index is 11.8. The topological polar surface area (TPSA) is 107 Å². The lowest BCUT2D eigenvalue weighted by atomic mass is 10.2. The molecule has 110 valence electrons. The van der Waals surface area contributed by atoms with Crippen LogP contribution in [0.1, 0.15) is 19.3 Å². The Kier molecular flexibility index (Phi) is 3.57. The van der Waals surface area contributed by atoms with Crippen LogP contribution >= 0.6 is 0 Å². The van der Waals surface area contributed by atoms with Gasteiger partial charge in [0.1, 0.15) is 0 Å². The molecule has 2 aromatic rings. The Morgan fingerprint density at radius 3 is 2.57 bits per heavy atom. The number of carbonyl (C=O) groups excluding carboxylic acids is 1. The van der Waals surface area contributed by atoms with Crippen LogP contribution in [0.5, 0.6) is 0 Å². The first-order valence-corrected chi connectivity index (χ1v) is 6.91. The molecule has 0 bridgehead atoms. The van der Waals surface area contributed by atoms with Gasteiger partial charge in [0.2, 0.25) is 5.91 Å². The summed E-state index contributed by atoms with van der Waals surface area (Å²) in [7, 11) is 0. The lowest BCUT2D eigenvalue weighted by molar-refractivity contribution is -0.116. The molecule has 0 spiro atoms. The van der Waals surface area contributed by atoms with Crippen LogP contribution in [0.3, 0.4) is 0 Å². The van der Waals surface area contributed by atoms with Gasteiger partial charge >= 0.3 is 11.1 Å². The van der Waals surface area contributed by atoms with E-state index in [2.05, 4.69) is 20.6 Å². The van der Waals surface area contributed by atoms with E-state index in [-0.39, 0.29) is 5.91 Å². The Bertz CT molecular complexity index is 789. The molecule has 4 N–H and O–H groups in total. The highest BCUT2D eigenvalue weighted by Crippen LogP contribution is 2.18. The van der Waals surface area contributed by atoms with Gasteiger partial charge in [-0.1, -0.05) is 0 Å². The average Bonchev–Trinajstić information content (AvgIpc) is 3.24. The first-order valence-electron chi connectivity index (χ1n) is 6.91. The largest absolute Gasteiger partial charge is 0.326 e. The summed E-state index contributed by atoms with van der Waals surface area (Å²) < 4.78 is 0. The van der Waals surface area contributed by atoms with E-state index in [0.29, 0.717) is 35.7 Å². The fraction of sp³-hybridized carbons (Fsp3) is 0.357. The Labute approximate surface area is 119 Å². The number of amides is 1. The van der Waals surface area contributed by atoms with Gasteiger partial charge in [-0.3, -0.25) is 14.4 Å². The summed E-state index contributed by atoms with van der Waals surface area (Å²) in [5.41, 5.74) is 0.188. The van der Waals surface area contributed by atoms with Gasteiger partial charge in [-0.15, -0.1) is 0 Å². The molecular weight excluding hydrogens is 272 g/mol. The molecule has 1 aromatic carbocycles. The minimum atomic E-state index is -0.709. The Morgan fingerprint density at radius 2 is 1.86 bits per heavy atom. The van der Waals surface area contributed by atoms with E-state index in [1.54, 1.807) is 18.2 Å². The lowest BCUT2D eigenvalue weighted by Gasteiger charge is -2.07. The molecule has 7 heteroatoms. The van der Waals surface area contributed by atoms with Gasteiger partial charge in [0, 0.05) is 24.7 Å². The molecule has 0 unspecified atom stereocenters. The van der Waals surface area contributed by atoms with Crippen LogP contribution in [0.2, 0.25) is 0 Å². The highest BCUT2D eigenvalue weighted by Gasteiger charge is 2.20. The van der Waals surface area contributed by atoms with Crippen LogP contribution in [0, 0.1) is 0 Å². The zero-order valence-corrected chi connectivity index (χ0v) is 11.4. The molecule has 3 rings (SSSR count). The third-order valence-electron chi connectivity index (χ3n) is 3.37. The normalized spacial score (nSPS) is 14.3. The molecule has 21 heavy (non-hydrogen) atoms. The molecule has 0 aliphatic heterocycles. The molecule has 1 fully saturated rings. The minimum Gasteiger partial charge on any atom is -0.326 e. The average molecular weight is 288 g/mol. The number of fused-ring (bicyclic) bond motifs is 1.